The molecule has 0 aliphatic carbocycles. The van der Waals surface area contributed by atoms with Crippen LogP contribution in [-0.2, 0) is 9.84 Å². The molecule has 1 heterocycles. The number of aromatic nitrogens is 1. The standard InChI is InChI=1S/C10H13N3O6S/c1-6(5-20(2,18)19)12-9-8(10(14)15)3-7(4-11-9)13(16)17/h3-4,6H,5H2,1-2H3,(H,11,12)(H,14,15). The Balaban J connectivity index is 3.06. The Hall–Kier alpha value is -2.23. The van der Waals surface area contributed by atoms with Gasteiger partial charge in [0, 0.05) is 18.4 Å². The number of aromatic carboxylic acids is 1. The summed E-state index contributed by atoms with van der Waals surface area (Å²) in [6.07, 6.45) is 1.95. The van der Waals surface area contributed by atoms with Crippen molar-refractivity contribution in [2.24, 2.45) is 0 Å². The molecule has 0 bridgehead atoms. The van der Waals surface area contributed by atoms with Crippen molar-refractivity contribution in [3.8, 4) is 0 Å². The van der Waals surface area contributed by atoms with Crippen LogP contribution in [0.5, 0.6) is 0 Å². The summed E-state index contributed by atoms with van der Waals surface area (Å²) in [5.74, 6) is -1.72. The molecule has 0 aromatic carbocycles. The number of anilines is 1. The number of nitrogens with zero attached hydrogens (tertiary/aromatic N) is 2. The van der Waals surface area contributed by atoms with Gasteiger partial charge in [0.05, 0.1) is 10.7 Å². The molecule has 0 saturated carbocycles. The van der Waals surface area contributed by atoms with Crippen LogP contribution in [0, 0.1) is 10.1 Å². The van der Waals surface area contributed by atoms with E-state index in [2.05, 4.69) is 10.3 Å². The van der Waals surface area contributed by atoms with E-state index in [1.807, 2.05) is 0 Å². The van der Waals surface area contributed by atoms with Crippen molar-refractivity contribution < 1.29 is 23.2 Å². The average molecular weight is 303 g/mol. The number of pyridine rings is 1. The Labute approximate surface area is 114 Å². The fourth-order valence-corrected chi connectivity index (χ4v) is 2.55. The number of nitro groups is 1. The van der Waals surface area contributed by atoms with E-state index >= 15 is 0 Å². The second-order valence-electron chi connectivity index (χ2n) is 4.29. The minimum atomic E-state index is -3.24. The average Bonchev–Trinajstić information content (AvgIpc) is 2.25. The summed E-state index contributed by atoms with van der Waals surface area (Å²) in [5, 5.41) is 22.2. The number of hydrogen-bond donors (Lipinski definition) is 2. The molecule has 1 aromatic heterocycles. The van der Waals surface area contributed by atoms with Gasteiger partial charge in [-0.1, -0.05) is 0 Å². The molecule has 1 rings (SSSR count). The van der Waals surface area contributed by atoms with E-state index in [1.165, 1.54) is 6.92 Å². The Morgan fingerprint density at radius 1 is 1.60 bits per heavy atom. The lowest BCUT2D eigenvalue weighted by molar-refractivity contribution is -0.385. The lowest BCUT2D eigenvalue weighted by atomic mass is 10.2. The molecule has 0 radical (unpaired) electrons. The highest BCUT2D eigenvalue weighted by Crippen LogP contribution is 2.20. The minimum absolute atomic E-state index is 0.112. The Morgan fingerprint density at radius 3 is 2.65 bits per heavy atom. The molecule has 0 aliphatic rings. The molecule has 10 heteroatoms. The first kappa shape index (κ1) is 15.8. The second-order valence-corrected chi connectivity index (χ2v) is 6.47. The third-order valence-corrected chi connectivity index (χ3v) is 3.36. The monoisotopic (exact) mass is 303 g/mol. The number of carboxylic acids is 1. The van der Waals surface area contributed by atoms with Crippen LogP contribution >= 0.6 is 0 Å². The van der Waals surface area contributed by atoms with Crippen LogP contribution in [0.25, 0.3) is 0 Å². The molecule has 9 nitrogen and oxygen atoms in total. The summed E-state index contributed by atoms with van der Waals surface area (Å²) in [7, 11) is -3.24. The number of nitrogens with one attached hydrogen (secondary N) is 1. The largest absolute Gasteiger partial charge is 0.478 e. The first-order valence-corrected chi connectivity index (χ1v) is 7.48. The lowest BCUT2D eigenvalue weighted by Crippen LogP contribution is -2.26. The van der Waals surface area contributed by atoms with Gasteiger partial charge in [0.15, 0.2) is 0 Å². The number of carboxylic acid groups (broad SMARTS) is 1. The van der Waals surface area contributed by atoms with Gasteiger partial charge in [-0.2, -0.15) is 0 Å². The van der Waals surface area contributed by atoms with E-state index in [4.69, 9.17) is 5.11 Å². The SMILES string of the molecule is CC(CS(C)(=O)=O)Nc1ncc([N+](=O)[O-])cc1C(=O)O. The van der Waals surface area contributed by atoms with Crippen LogP contribution in [0.3, 0.4) is 0 Å². The molecule has 1 aromatic rings. The van der Waals surface area contributed by atoms with Gasteiger partial charge in [-0.05, 0) is 6.92 Å². The van der Waals surface area contributed by atoms with Crippen molar-refractivity contribution in [1.82, 2.24) is 4.98 Å². The summed E-state index contributed by atoms with van der Waals surface area (Å²) < 4.78 is 22.3. The molecule has 0 saturated heterocycles. The number of carbonyl (C=O) groups is 1. The van der Waals surface area contributed by atoms with Gasteiger partial charge >= 0.3 is 5.97 Å². The van der Waals surface area contributed by atoms with Crippen molar-refractivity contribution >= 4 is 27.3 Å². The zero-order valence-electron chi connectivity index (χ0n) is 10.7. The minimum Gasteiger partial charge on any atom is -0.478 e. The van der Waals surface area contributed by atoms with E-state index in [0.717, 1.165) is 18.5 Å². The maximum Gasteiger partial charge on any atom is 0.339 e. The van der Waals surface area contributed by atoms with E-state index < -0.39 is 32.5 Å². The third-order valence-electron chi connectivity index (χ3n) is 2.25. The molecule has 1 atom stereocenters. The summed E-state index contributed by atoms with van der Waals surface area (Å²) >= 11 is 0. The second kappa shape index (κ2) is 5.82. The Kier molecular flexibility index (Phi) is 4.61. The van der Waals surface area contributed by atoms with Crippen molar-refractivity contribution in [1.29, 1.82) is 0 Å². The number of sulfone groups is 1. The van der Waals surface area contributed by atoms with Gasteiger partial charge in [0.1, 0.15) is 27.4 Å². The predicted octanol–water partition coefficient (Wildman–Crippen LogP) is 0.533. The Morgan fingerprint density at radius 2 is 2.20 bits per heavy atom. The smallest absolute Gasteiger partial charge is 0.339 e. The van der Waals surface area contributed by atoms with Crippen LogP contribution in [0.15, 0.2) is 12.3 Å². The normalized spacial score (nSPS) is 12.7. The van der Waals surface area contributed by atoms with E-state index in [1.54, 1.807) is 0 Å². The molecule has 110 valence electrons. The quantitative estimate of drug-likeness (QED) is 0.573. The number of rotatable bonds is 6. The predicted molar refractivity (Wildman–Crippen MR) is 70.6 cm³/mol. The summed E-state index contributed by atoms with van der Waals surface area (Å²) in [5.41, 5.74) is -0.844. The highest BCUT2D eigenvalue weighted by atomic mass is 32.2. The van der Waals surface area contributed by atoms with Crippen molar-refractivity contribution in [3.63, 3.8) is 0 Å². The fourth-order valence-electron chi connectivity index (χ4n) is 1.56. The fraction of sp³-hybridized carbons (Fsp3) is 0.400. The van der Waals surface area contributed by atoms with Gasteiger partial charge in [0.2, 0.25) is 0 Å². The van der Waals surface area contributed by atoms with Crippen molar-refractivity contribution in [3.05, 3.63) is 27.9 Å². The van der Waals surface area contributed by atoms with Gasteiger partial charge in [0.25, 0.3) is 5.69 Å². The first-order chi connectivity index (χ1) is 9.10. The zero-order chi connectivity index (χ0) is 15.5. The lowest BCUT2D eigenvalue weighted by Gasteiger charge is -2.14. The van der Waals surface area contributed by atoms with Crippen LogP contribution in [0.4, 0.5) is 11.5 Å². The topological polar surface area (TPSA) is 140 Å². The molecule has 2 N–H and O–H groups in total. The van der Waals surface area contributed by atoms with Crippen LogP contribution in [0.1, 0.15) is 17.3 Å². The van der Waals surface area contributed by atoms with E-state index in [0.29, 0.717) is 0 Å². The molecule has 0 aliphatic heterocycles. The van der Waals surface area contributed by atoms with Gasteiger partial charge < -0.3 is 10.4 Å². The Bertz CT molecular complexity index is 642. The van der Waals surface area contributed by atoms with Crippen LogP contribution in [-0.4, -0.2) is 47.5 Å². The van der Waals surface area contributed by atoms with Gasteiger partial charge in [-0.25, -0.2) is 18.2 Å². The van der Waals surface area contributed by atoms with Crippen molar-refractivity contribution in [2.45, 2.75) is 13.0 Å². The molecule has 0 amide bonds. The summed E-state index contributed by atoms with van der Waals surface area (Å²) in [4.78, 5) is 24.5. The van der Waals surface area contributed by atoms with Crippen LogP contribution < -0.4 is 5.32 Å². The molecular formula is C10H13N3O6S. The molecular weight excluding hydrogens is 290 g/mol. The third kappa shape index (κ3) is 4.46. The molecule has 0 fully saturated rings. The van der Waals surface area contributed by atoms with Crippen LogP contribution in [0.2, 0.25) is 0 Å². The number of hydrogen-bond acceptors (Lipinski definition) is 7. The zero-order valence-corrected chi connectivity index (χ0v) is 11.5. The van der Waals surface area contributed by atoms with Gasteiger partial charge in [-0.3, -0.25) is 10.1 Å². The summed E-state index contributed by atoms with van der Waals surface area (Å²) in [6.45, 7) is 1.54. The highest BCUT2D eigenvalue weighted by Gasteiger charge is 2.19. The molecule has 0 spiro atoms. The molecule has 1 unspecified atom stereocenters. The maximum atomic E-state index is 11.1. The van der Waals surface area contributed by atoms with E-state index in [-0.39, 0.29) is 17.1 Å². The van der Waals surface area contributed by atoms with E-state index in [9.17, 15) is 23.3 Å². The first-order valence-electron chi connectivity index (χ1n) is 5.42. The molecule has 20 heavy (non-hydrogen) atoms. The maximum absolute atomic E-state index is 11.1. The highest BCUT2D eigenvalue weighted by molar-refractivity contribution is 7.90. The van der Waals surface area contributed by atoms with Gasteiger partial charge in [-0.15, -0.1) is 0 Å². The van der Waals surface area contributed by atoms with Crippen molar-refractivity contribution in [2.75, 3.05) is 17.3 Å². The summed E-state index contributed by atoms with van der Waals surface area (Å²) in [6, 6.07) is 0.280.